The number of H-pyrrole nitrogens is 1. The minimum absolute atomic E-state index is 0.153. The molecule has 0 bridgehead atoms. The maximum Gasteiger partial charge on any atom is 0.234 e. The van der Waals surface area contributed by atoms with Crippen molar-refractivity contribution < 1.29 is 14.3 Å². The number of aromatic amines is 1. The Morgan fingerprint density at radius 2 is 1.71 bits per heavy atom. The fourth-order valence-electron chi connectivity index (χ4n) is 4.61. The summed E-state index contributed by atoms with van der Waals surface area (Å²) in [5.74, 6) is 1.77. The molecule has 2 fully saturated rings. The molecule has 5 rings (SSSR count). The first-order valence-electron chi connectivity index (χ1n) is 11.1. The largest absolute Gasteiger partial charge is 0.457 e. The second kappa shape index (κ2) is 8.42. The number of benzene rings is 2. The Balaban J connectivity index is 1.50. The number of nitrogens with one attached hydrogen (secondary N) is 1. The van der Waals surface area contributed by atoms with E-state index < -0.39 is 0 Å². The molecule has 2 aromatic carbocycles. The summed E-state index contributed by atoms with van der Waals surface area (Å²) in [6, 6.07) is 15.9. The zero-order chi connectivity index (χ0) is 21.2. The van der Waals surface area contributed by atoms with Crippen molar-refractivity contribution in [1.82, 2.24) is 4.98 Å². The van der Waals surface area contributed by atoms with Crippen molar-refractivity contribution in [2.45, 2.75) is 44.9 Å². The predicted octanol–water partition coefficient (Wildman–Crippen LogP) is 5.82. The molecule has 31 heavy (non-hydrogen) atoms. The van der Waals surface area contributed by atoms with Crippen molar-refractivity contribution in [1.29, 1.82) is 0 Å². The van der Waals surface area contributed by atoms with Gasteiger partial charge in [-0.1, -0.05) is 49.6 Å². The Labute approximate surface area is 181 Å². The van der Waals surface area contributed by atoms with E-state index in [0.29, 0.717) is 17.4 Å². The van der Waals surface area contributed by atoms with Gasteiger partial charge in [-0.15, -0.1) is 0 Å². The fraction of sp³-hybridized carbons (Fsp3) is 0.308. The maximum absolute atomic E-state index is 12.2. The lowest BCUT2D eigenvalue weighted by Crippen LogP contribution is -2.28. The van der Waals surface area contributed by atoms with Crippen LogP contribution in [0.15, 0.2) is 60.8 Å². The van der Waals surface area contributed by atoms with Gasteiger partial charge < -0.3 is 9.72 Å². The number of hydrogen-bond donors (Lipinski definition) is 1. The highest BCUT2D eigenvalue weighted by Crippen LogP contribution is 2.35. The molecule has 158 valence electrons. The molecule has 0 radical (unpaired) electrons. The van der Waals surface area contributed by atoms with Crippen LogP contribution in [0, 0.1) is 5.92 Å². The molecule has 0 atom stereocenters. The van der Waals surface area contributed by atoms with Gasteiger partial charge in [-0.25, -0.2) is 4.90 Å². The van der Waals surface area contributed by atoms with Gasteiger partial charge in [0.25, 0.3) is 0 Å². The van der Waals surface area contributed by atoms with E-state index in [2.05, 4.69) is 23.2 Å². The average Bonchev–Trinajstić information content (AvgIpc) is 3.36. The van der Waals surface area contributed by atoms with Gasteiger partial charge in [-0.05, 0) is 43.0 Å². The molecule has 1 saturated carbocycles. The topological polar surface area (TPSA) is 62.4 Å². The lowest BCUT2D eigenvalue weighted by atomic mass is 9.88. The maximum atomic E-state index is 12.2. The van der Waals surface area contributed by atoms with E-state index in [4.69, 9.17) is 4.74 Å². The van der Waals surface area contributed by atoms with E-state index in [-0.39, 0.29) is 24.7 Å². The Morgan fingerprint density at radius 3 is 2.45 bits per heavy atom. The third kappa shape index (κ3) is 4.00. The van der Waals surface area contributed by atoms with Gasteiger partial charge in [0.2, 0.25) is 11.8 Å². The first-order valence-corrected chi connectivity index (χ1v) is 11.1. The third-order valence-electron chi connectivity index (χ3n) is 6.25. The van der Waals surface area contributed by atoms with Crippen LogP contribution in [0.2, 0.25) is 0 Å². The van der Waals surface area contributed by atoms with Gasteiger partial charge in [0, 0.05) is 35.5 Å². The molecule has 1 saturated heterocycles. The van der Waals surface area contributed by atoms with E-state index >= 15 is 0 Å². The number of hydrogen-bond acceptors (Lipinski definition) is 3. The van der Waals surface area contributed by atoms with Crippen molar-refractivity contribution in [2.75, 3.05) is 4.90 Å². The molecule has 1 N–H and O–H groups in total. The fourth-order valence-corrected chi connectivity index (χ4v) is 4.61. The summed E-state index contributed by atoms with van der Waals surface area (Å²) in [5, 5.41) is 0.811. The van der Waals surface area contributed by atoms with Gasteiger partial charge >= 0.3 is 0 Å². The summed E-state index contributed by atoms with van der Waals surface area (Å²) in [6.45, 7) is 0. The predicted molar refractivity (Wildman–Crippen MR) is 122 cm³/mol. The molecule has 1 aromatic heterocycles. The highest BCUT2D eigenvalue weighted by molar-refractivity contribution is 6.23. The van der Waals surface area contributed by atoms with Gasteiger partial charge in [-0.2, -0.15) is 0 Å². The SMILES string of the molecule is O=C1CCC(=O)N1c1c[nH]c2ccc(O/C(=C/C3CCCCC3)c3ccccc3)cc12. The van der Waals surface area contributed by atoms with Crippen molar-refractivity contribution in [3.8, 4) is 5.75 Å². The number of aromatic nitrogens is 1. The summed E-state index contributed by atoms with van der Waals surface area (Å²) in [7, 11) is 0. The van der Waals surface area contributed by atoms with E-state index in [1.165, 1.54) is 37.0 Å². The normalized spacial score (nSPS) is 18.2. The Kier molecular flexibility index (Phi) is 5.33. The second-order valence-corrected chi connectivity index (χ2v) is 8.40. The standard InChI is InChI=1S/C26H26N2O3/c29-25-13-14-26(30)28(25)23-17-27-22-12-11-20(16-21(22)23)31-24(19-9-5-2-6-10-19)15-18-7-3-1-4-8-18/h2,5-6,9-12,15-18,27H,1,3-4,7-8,13-14H2/b24-15+. The van der Waals surface area contributed by atoms with Crippen LogP contribution in [0.3, 0.4) is 0 Å². The lowest BCUT2D eigenvalue weighted by Gasteiger charge is -2.20. The number of carbonyl (C=O) groups excluding carboxylic acids is 2. The molecular weight excluding hydrogens is 388 g/mol. The number of allylic oxidation sites excluding steroid dienone is 1. The summed E-state index contributed by atoms with van der Waals surface area (Å²) >= 11 is 0. The summed E-state index contributed by atoms with van der Waals surface area (Å²) in [6.07, 6.45) is 10.8. The molecule has 1 aliphatic heterocycles. The molecular formula is C26H26N2O3. The first kappa shape index (κ1) is 19.6. The van der Waals surface area contributed by atoms with Crippen LogP contribution in [0.1, 0.15) is 50.5 Å². The number of ether oxygens (including phenoxy) is 1. The van der Waals surface area contributed by atoms with Crippen molar-refractivity contribution in [3.05, 3.63) is 66.4 Å². The van der Waals surface area contributed by atoms with Gasteiger partial charge in [0.1, 0.15) is 11.5 Å². The van der Waals surface area contributed by atoms with Gasteiger partial charge in [0.15, 0.2) is 0 Å². The molecule has 2 aliphatic rings. The Hall–Kier alpha value is -3.34. The molecule has 1 aliphatic carbocycles. The van der Waals surface area contributed by atoms with E-state index in [0.717, 1.165) is 22.2 Å². The zero-order valence-electron chi connectivity index (χ0n) is 17.5. The van der Waals surface area contributed by atoms with E-state index in [1.54, 1.807) is 6.20 Å². The lowest BCUT2D eigenvalue weighted by molar-refractivity contribution is -0.121. The number of carbonyl (C=O) groups is 2. The quantitative estimate of drug-likeness (QED) is 0.423. The second-order valence-electron chi connectivity index (χ2n) is 8.40. The van der Waals surface area contributed by atoms with Crippen LogP contribution < -0.4 is 9.64 Å². The minimum Gasteiger partial charge on any atom is -0.457 e. The number of rotatable bonds is 5. The molecule has 2 amide bonds. The monoisotopic (exact) mass is 414 g/mol. The summed E-state index contributed by atoms with van der Waals surface area (Å²) in [4.78, 5) is 29.0. The number of imide groups is 1. The molecule has 5 heteroatoms. The Bertz CT molecular complexity index is 1120. The van der Waals surface area contributed by atoms with Crippen molar-refractivity contribution in [2.24, 2.45) is 5.92 Å². The molecule has 0 spiro atoms. The van der Waals surface area contributed by atoms with E-state index in [9.17, 15) is 9.59 Å². The van der Waals surface area contributed by atoms with Crippen molar-refractivity contribution in [3.63, 3.8) is 0 Å². The van der Waals surface area contributed by atoms with Gasteiger partial charge in [-0.3, -0.25) is 9.59 Å². The van der Waals surface area contributed by atoms with Crippen LogP contribution >= 0.6 is 0 Å². The summed E-state index contributed by atoms with van der Waals surface area (Å²) < 4.78 is 6.41. The minimum atomic E-state index is -0.153. The highest BCUT2D eigenvalue weighted by atomic mass is 16.5. The van der Waals surface area contributed by atoms with Crippen LogP contribution in [-0.2, 0) is 9.59 Å². The first-order chi connectivity index (χ1) is 15.2. The molecule has 5 nitrogen and oxygen atoms in total. The highest BCUT2D eigenvalue weighted by Gasteiger charge is 2.32. The average molecular weight is 415 g/mol. The molecule has 2 heterocycles. The summed E-state index contributed by atoms with van der Waals surface area (Å²) in [5.41, 5.74) is 2.52. The van der Waals surface area contributed by atoms with Crippen LogP contribution in [-0.4, -0.2) is 16.8 Å². The van der Waals surface area contributed by atoms with E-state index in [1.807, 2.05) is 36.4 Å². The number of nitrogens with zero attached hydrogens (tertiary/aromatic N) is 1. The number of amides is 2. The number of anilines is 1. The number of fused-ring (bicyclic) bond motifs is 1. The van der Waals surface area contributed by atoms with Crippen molar-refractivity contribution >= 4 is 34.2 Å². The Morgan fingerprint density at radius 1 is 0.968 bits per heavy atom. The van der Waals surface area contributed by atoms with Crippen LogP contribution in [0.4, 0.5) is 5.69 Å². The smallest absolute Gasteiger partial charge is 0.234 e. The van der Waals surface area contributed by atoms with Crippen LogP contribution in [0.5, 0.6) is 5.75 Å². The molecule has 3 aromatic rings. The zero-order valence-corrected chi connectivity index (χ0v) is 17.5. The third-order valence-corrected chi connectivity index (χ3v) is 6.25. The van der Waals surface area contributed by atoms with Gasteiger partial charge in [0.05, 0.1) is 5.69 Å². The molecule has 0 unspecified atom stereocenters. The van der Waals surface area contributed by atoms with Crippen LogP contribution in [0.25, 0.3) is 16.7 Å².